The Balaban J connectivity index is 2.15. The first-order chi connectivity index (χ1) is 5.83. The van der Waals surface area contributed by atoms with Crippen molar-refractivity contribution in [1.29, 1.82) is 0 Å². The van der Waals surface area contributed by atoms with Crippen molar-refractivity contribution >= 4 is 0 Å². The fourth-order valence-electron chi connectivity index (χ4n) is 0.966. The summed E-state index contributed by atoms with van der Waals surface area (Å²) in [7, 11) is 1.88. The van der Waals surface area contributed by atoms with Crippen molar-refractivity contribution in [3.63, 3.8) is 0 Å². The lowest BCUT2D eigenvalue weighted by Crippen LogP contribution is -2.15. The molecule has 0 amide bonds. The van der Waals surface area contributed by atoms with Gasteiger partial charge in [-0.1, -0.05) is 0 Å². The maximum Gasteiger partial charge on any atom is 0.0906 e. The Bertz CT molecular complexity index is 222. The Hall–Kier alpha value is -0.900. The number of aryl methyl sites for hydroxylation is 1. The Labute approximate surface area is 71.6 Å². The number of nitrogens with zero attached hydrogens (tertiary/aromatic N) is 2. The normalized spacial score (nSPS) is 10.5. The maximum atomic E-state index is 11.7. The van der Waals surface area contributed by atoms with E-state index in [4.69, 9.17) is 0 Å². The molecular formula is C8H14FN3. The standard InChI is InChI=1S/C8H14FN3/c1-12-6-3-8(11-12)7-10-5-2-4-9/h3,6,10H,2,4-5,7H2,1H3. The number of nitrogens with one attached hydrogen (secondary N) is 1. The van der Waals surface area contributed by atoms with E-state index in [0.29, 0.717) is 13.0 Å². The van der Waals surface area contributed by atoms with Gasteiger partial charge >= 0.3 is 0 Å². The first-order valence-corrected chi connectivity index (χ1v) is 4.08. The SMILES string of the molecule is Cn1ccc(CNCCCF)n1. The van der Waals surface area contributed by atoms with Gasteiger partial charge in [-0.2, -0.15) is 5.10 Å². The zero-order valence-electron chi connectivity index (χ0n) is 7.26. The molecule has 0 unspecified atom stereocenters. The number of alkyl halides is 1. The summed E-state index contributed by atoms with van der Waals surface area (Å²) in [5.74, 6) is 0. The molecule has 1 heterocycles. The van der Waals surface area contributed by atoms with Gasteiger partial charge in [-0.3, -0.25) is 9.07 Å². The Kier molecular flexibility index (Phi) is 3.73. The number of halogens is 1. The summed E-state index contributed by atoms with van der Waals surface area (Å²) in [4.78, 5) is 0. The molecule has 0 aliphatic heterocycles. The van der Waals surface area contributed by atoms with Gasteiger partial charge in [0, 0.05) is 19.8 Å². The van der Waals surface area contributed by atoms with Gasteiger partial charge < -0.3 is 5.32 Å². The lowest BCUT2D eigenvalue weighted by molar-refractivity contribution is 0.458. The van der Waals surface area contributed by atoms with Crippen LogP contribution in [0.2, 0.25) is 0 Å². The minimum Gasteiger partial charge on any atom is -0.311 e. The van der Waals surface area contributed by atoms with Crippen molar-refractivity contribution in [2.24, 2.45) is 7.05 Å². The van der Waals surface area contributed by atoms with E-state index in [0.717, 1.165) is 12.2 Å². The highest BCUT2D eigenvalue weighted by molar-refractivity contribution is 4.97. The third kappa shape index (κ3) is 3.00. The molecule has 0 spiro atoms. The van der Waals surface area contributed by atoms with Crippen molar-refractivity contribution in [2.75, 3.05) is 13.2 Å². The van der Waals surface area contributed by atoms with Crippen molar-refractivity contribution in [3.05, 3.63) is 18.0 Å². The molecular weight excluding hydrogens is 157 g/mol. The summed E-state index contributed by atoms with van der Waals surface area (Å²) < 4.78 is 13.4. The number of hydrogen-bond acceptors (Lipinski definition) is 2. The van der Waals surface area contributed by atoms with Gasteiger partial charge in [0.2, 0.25) is 0 Å². The van der Waals surface area contributed by atoms with Crippen LogP contribution in [-0.4, -0.2) is 23.0 Å². The predicted octanol–water partition coefficient (Wildman–Crippen LogP) is 0.869. The summed E-state index contributed by atoms with van der Waals surface area (Å²) in [5.41, 5.74) is 0.997. The van der Waals surface area contributed by atoms with E-state index in [1.807, 2.05) is 19.3 Å². The fraction of sp³-hybridized carbons (Fsp3) is 0.625. The van der Waals surface area contributed by atoms with Gasteiger partial charge in [-0.05, 0) is 19.0 Å². The fourth-order valence-corrected chi connectivity index (χ4v) is 0.966. The molecule has 0 fully saturated rings. The topological polar surface area (TPSA) is 29.9 Å². The smallest absolute Gasteiger partial charge is 0.0906 e. The molecule has 1 N–H and O–H groups in total. The Morgan fingerprint density at radius 2 is 2.50 bits per heavy atom. The van der Waals surface area contributed by atoms with E-state index in [1.54, 1.807) is 4.68 Å². The van der Waals surface area contributed by atoms with Crippen LogP contribution in [0, 0.1) is 0 Å². The molecule has 1 aromatic rings. The number of rotatable bonds is 5. The summed E-state index contributed by atoms with van der Waals surface area (Å²) in [6.45, 7) is 1.18. The van der Waals surface area contributed by atoms with Crippen molar-refractivity contribution < 1.29 is 4.39 Å². The van der Waals surface area contributed by atoms with Crippen LogP contribution >= 0.6 is 0 Å². The third-order valence-corrected chi connectivity index (χ3v) is 1.56. The molecule has 68 valence electrons. The van der Waals surface area contributed by atoms with Crippen molar-refractivity contribution in [1.82, 2.24) is 15.1 Å². The van der Waals surface area contributed by atoms with Crippen LogP contribution in [0.4, 0.5) is 4.39 Å². The second kappa shape index (κ2) is 4.87. The molecule has 1 rings (SSSR count). The van der Waals surface area contributed by atoms with Gasteiger partial charge in [0.1, 0.15) is 0 Å². The Morgan fingerprint density at radius 1 is 1.67 bits per heavy atom. The number of aromatic nitrogens is 2. The highest BCUT2D eigenvalue weighted by Gasteiger charge is 1.94. The van der Waals surface area contributed by atoms with Crippen LogP contribution in [-0.2, 0) is 13.6 Å². The van der Waals surface area contributed by atoms with E-state index >= 15 is 0 Å². The average molecular weight is 171 g/mol. The van der Waals surface area contributed by atoms with E-state index in [2.05, 4.69) is 10.4 Å². The first kappa shape index (κ1) is 9.19. The molecule has 0 saturated carbocycles. The molecule has 1 aromatic heterocycles. The molecule has 4 heteroatoms. The Morgan fingerprint density at radius 3 is 3.08 bits per heavy atom. The quantitative estimate of drug-likeness (QED) is 0.666. The van der Waals surface area contributed by atoms with Gasteiger partial charge in [0.15, 0.2) is 0 Å². The molecule has 0 aromatic carbocycles. The largest absolute Gasteiger partial charge is 0.311 e. The zero-order valence-corrected chi connectivity index (χ0v) is 7.26. The summed E-state index contributed by atoms with van der Waals surface area (Å²) in [5, 5.41) is 7.27. The van der Waals surface area contributed by atoms with Gasteiger partial charge in [0.25, 0.3) is 0 Å². The van der Waals surface area contributed by atoms with E-state index in [1.165, 1.54) is 0 Å². The van der Waals surface area contributed by atoms with E-state index in [-0.39, 0.29) is 6.67 Å². The maximum absolute atomic E-state index is 11.7. The second-order valence-corrected chi connectivity index (χ2v) is 2.70. The minimum atomic E-state index is -0.255. The van der Waals surface area contributed by atoms with Crippen molar-refractivity contribution in [3.8, 4) is 0 Å². The van der Waals surface area contributed by atoms with Gasteiger partial charge in [-0.25, -0.2) is 0 Å². The van der Waals surface area contributed by atoms with Crippen LogP contribution in [0.5, 0.6) is 0 Å². The zero-order chi connectivity index (χ0) is 8.81. The molecule has 0 bridgehead atoms. The van der Waals surface area contributed by atoms with Gasteiger partial charge in [0.05, 0.1) is 12.4 Å². The molecule has 0 saturated heterocycles. The highest BCUT2D eigenvalue weighted by Crippen LogP contribution is 1.92. The highest BCUT2D eigenvalue weighted by atomic mass is 19.1. The summed E-state index contributed by atoms with van der Waals surface area (Å²) in [6, 6.07) is 1.95. The van der Waals surface area contributed by atoms with Crippen molar-refractivity contribution in [2.45, 2.75) is 13.0 Å². The number of hydrogen-bond donors (Lipinski definition) is 1. The first-order valence-electron chi connectivity index (χ1n) is 4.08. The molecule has 0 atom stereocenters. The minimum absolute atomic E-state index is 0.255. The average Bonchev–Trinajstić information content (AvgIpc) is 2.45. The molecule has 12 heavy (non-hydrogen) atoms. The predicted molar refractivity (Wildman–Crippen MR) is 45.5 cm³/mol. The van der Waals surface area contributed by atoms with Crippen LogP contribution < -0.4 is 5.32 Å². The van der Waals surface area contributed by atoms with E-state index in [9.17, 15) is 4.39 Å². The summed E-state index contributed by atoms with van der Waals surface area (Å²) >= 11 is 0. The monoisotopic (exact) mass is 171 g/mol. The van der Waals surface area contributed by atoms with Crippen LogP contribution in [0.15, 0.2) is 12.3 Å². The van der Waals surface area contributed by atoms with E-state index < -0.39 is 0 Å². The van der Waals surface area contributed by atoms with Crippen LogP contribution in [0.1, 0.15) is 12.1 Å². The molecule has 0 radical (unpaired) electrons. The lowest BCUT2D eigenvalue weighted by Gasteiger charge is -1.98. The molecule has 0 aliphatic carbocycles. The third-order valence-electron chi connectivity index (χ3n) is 1.56. The second-order valence-electron chi connectivity index (χ2n) is 2.70. The molecule has 0 aliphatic rings. The lowest BCUT2D eigenvalue weighted by atomic mass is 10.4. The van der Waals surface area contributed by atoms with Crippen LogP contribution in [0.25, 0.3) is 0 Å². The van der Waals surface area contributed by atoms with Gasteiger partial charge in [-0.15, -0.1) is 0 Å². The summed E-state index contributed by atoms with van der Waals surface area (Å²) in [6.07, 6.45) is 2.47. The molecule has 3 nitrogen and oxygen atoms in total. The van der Waals surface area contributed by atoms with Crippen LogP contribution in [0.3, 0.4) is 0 Å².